The third kappa shape index (κ3) is 4.94. The Morgan fingerprint density at radius 3 is 2.44 bits per heavy atom. The van der Waals surface area contributed by atoms with Gasteiger partial charge in [0.15, 0.2) is 6.61 Å². The van der Waals surface area contributed by atoms with E-state index in [-0.39, 0.29) is 17.4 Å². The van der Waals surface area contributed by atoms with Gasteiger partial charge in [-0.3, -0.25) is 19.2 Å². The Balaban J connectivity index is 1.39. The van der Waals surface area contributed by atoms with Crippen LogP contribution in [0.15, 0.2) is 58.4 Å². The first-order chi connectivity index (χ1) is 19.6. The molecule has 0 bridgehead atoms. The van der Waals surface area contributed by atoms with Crippen LogP contribution in [0, 0.1) is 5.92 Å². The number of nitrogens with one attached hydrogen (secondary N) is 1. The van der Waals surface area contributed by atoms with E-state index in [1.54, 1.807) is 29.2 Å². The minimum atomic E-state index is -4.79. The number of aromatic amines is 1. The topological polar surface area (TPSA) is 99.8 Å². The standard InChI is InChI=1S/C28H24F3N3O5S2/c29-28(30,31)16-9-3-4-10-17(16)34-25(36)21-20(22-24(32-27(38)41-22)40-23(21)26(34)37)15-8-2-5-11-18(15)39-14-19(35)33-12-6-1-7-13-33/h2-5,8-11,20-21,23H,1,6-7,12-14H2,(H,32,38)/t20-,21?,23?/m1/s1. The molecule has 3 aliphatic heterocycles. The molecule has 214 valence electrons. The first-order valence-corrected chi connectivity index (χ1v) is 14.8. The molecule has 8 nitrogen and oxygen atoms in total. The number of hydrogen-bond acceptors (Lipinski definition) is 7. The van der Waals surface area contributed by atoms with E-state index in [0.29, 0.717) is 39.2 Å². The second-order valence-electron chi connectivity index (χ2n) is 10.0. The molecule has 0 aliphatic carbocycles. The predicted octanol–water partition coefficient (Wildman–Crippen LogP) is 4.64. The number of carbonyl (C=O) groups excluding carboxylic acids is 3. The van der Waals surface area contributed by atoms with Gasteiger partial charge in [-0.15, -0.1) is 0 Å². The zero-order valence-corrected chi connectivity index (χ0v) is 23.1. The number of imide groups is 1. The lowest BCUT2D eigenvalue weighted by molar-refractivity contribution is -0.137. The largest absolute Gasteiger partial charge is 0.483 e. The van der Waals surface area contributed by atoms with E-state index < -0.39 is 46.3 Å². The number of anilines is 1. The van der Waals surface area contributed by atoms with Crippen LogP contribution in [0.25, 0.3) is 0 Å². The summed E-state index contributed by atoms with van der Waals surface area (Å²) in [7, 11) is 0. The molecule has 2 fully saturated rings. The van der Waals surface area contributed by atoms with Crippen LogP contribution in [0.2, 0.25) is 0 Å². The van der Waals surface area contributed by atoms with Gasteiger partial charge in [-0.2, -0.15) is 13.2 Å². The molecule has 0 radical (unpaired) electrons. The van der Waals surface area contributed by atoms with Gasteiger partial charge in [0.1, 0.15) is 11.0 Å². The van der Waals surface area contributed by atoms with Gasteiger partial charge in [-0.05, 0) is 37.5 Å². The van der Waals surface area contributed by atoms with Crippen molar-refractivity contribution in [1.82, 2.24) is 9.88 Å². The molecule has 3 amide bonds. The van der Waals surface area contributed by atoms with Gasteiger partial charge in [0.2, 0.25) is 11.8 Å². The minimum Gasteiger partial charge on any atom is -0.483 e. The van der Waals surface area contributed by atoms with Gasteiger partial charge in [0.25, 0.3) is 5.91 Å². The van der Waals surface area contributed by atoms with Crippen molar-refractivity contribution in [1.29, 1.82) is 0 Å². The number of piperidine rings is 1. The molecule has 2 aromatic carbocycles. The number of alkyl halides is 3. The zero-order valence-electron chi connectivity index (χ0n) is 21.5. The van der Waals surface area contributed by atoms with Crippen LogP contribution >= 0.6 is 23.1 Å². The fourth-order valence-corrected chi connectivity index (χ4v) is 8.25. The quantitative estimate of drug-likeness (QED) is 0.427. The van der Waals surface area contributed by atoms with Crippen molar-refractivity contribution >= 4 is 46.5 Å². The number of halogens is 3. The summed E-state index contributed by atoms with van der Waals surface area (Å²) in [6, 6.07) is 11.2. The lowest BCUT2D eigenvalue weighted by Gasteiger charge is -2.31. The summed E-state index contributed by atoms with van der Waals surface area (Å²) in [5.41, 5.74) is -1.15. The Kier molecular flexibility index (Phi) is 7.18. The van der Waals surface area contributed by atoms with Crippen LogP contribution in [0.3, 0.4) is 0 Å². The van der Waals surface area contributed by atoms with Crippen LogP contribution < -0.4 is 14.5 Å². The molecule has 1 aromatic heterocycles. The molecule has 0 spiro atoms. The number of fused-ring (bicyclic) bond motifs is 2. The van der Waals surface area contributed by atoms with Gasteiger partial charge in [-0.1, -0.05) is 53.4 Å². The molecule has 2 unspecified atom stereocenters. The summed E-state index contributed by atoms with van der Waals surface area (Å²) < 4.78 is 47.6. The van der Waals surface area contributed by atoms with Crippen LogP contribution in [0.1, 0.15) is 41.2 Å². The number of thiazole rings is 1. The monoisotopic (exact) mass is 603 g/mol. The number of benzene rings is 2. The molecule has 0 saturated carbocycles. The highest BCUT2D eigenvalue weighted by molar-refractivity contribution is 8.00. The summed E-state index contributed by atoms with van der Waals surface area (Å²) >= 11 is 1.85. The maximum absolute atomic E-state index is 14.0. The van der Waals surface area contributed by atoms with E-state index >= 15 is 0 Å². The molecular formula is C28H24F3N3O5S2. The number of amides is 3. The molecule has 3 aromatic rings. The van der Waals surface area contributed by atoms with Crippen LogP contribution in [0.4, 0.5) is 18.9 Å². The van der Waals surface area contributed by atoms with Gasteiger partial charge < -0.3 is 14.6 Å². The molecule has 3 aliphatic rings. The van der Waals surface area contributed by atoms with Gasteiger partial charge in [-0.25, -0.2) is 4.90 Å². The smallest absolute Gasteiger partial charge is 0.418 e. The lowest BCUT2D eigenvalue weighted by atomic mass is 9.82. The minimum absolute atomic E-state index is 0.175. The van der Waals surface area contributed by atoms with Crippen molar-refractivity contribution in [2.24, 2.45) is 5.92 Å². The maximum atomic E-state index is 14.0. The van der Waals surface area contributed by atoms with Crippen molar-refractivity contribution < 1.29 is 32.3 Å². The number of nitrogens with zero attached hydrogens (tertiary/aromatic N) is 2. The second kappa shape index (κ2) is 10.7. The molecule has 6 rings (SSSR count). The highest BCUT2D eigenvalue weighted by Crippen LogP contribution is 2.55. The van der Waals surface area contributed by atoms with Gasteiger partial charge >= 0.3 is 11.0 Å². The van der Waals surface area contributed by atoms with E-state index in [1.807, 2.05) is 0 Å². The van der Waals surface area contributed by atoms with E-state index in [2.05, 4.69) is 4.98 Å². The number of aromatic nitrogens is 1. The Hall–Kier alpha value is -3.58. The van der Waals surface area contributed by atoms with E-state index in [0.717, 1.165) is 54.5 Å². The summed E-state index contributed by atoms with van der Waals surface area (Å²) in [5, 5.41) is -0.688. The van der Waals surface area contributed by atoms with Crippen molar-refractivity contribution in [2.75, 3.05) is 24.6 Å². The Morgan fingerprint density at radius 1 is 0.976 bits per heavy atom. The number of likely N-dealkylation sites (tertiary alicyclic amines) is 1. The number of H-pyrrole nitrogens is 1. The highest BCUT2D eigenvalue weighted by Gasteiger charge is 2.57. The number of carbonyl (C=O) groups is 3. The summed E-state index contributed by atoms with van der Waals surface area (Å²) in [6.07, 6.45) is -1.88. The summed E-state index contributed by atoms with van der Waals surface area (Å²) in [5.74, 6) is -3.42. The number of ether oxygens (including phenoxy) is 1. The average molecular weight is 604 g/mol. The molecule has 1 N–H and O–H groups in total. The van der Waals surface area contributed by atoms with E-state index in [9.17, 15) is 32.3 Å². The third-order valence-electron chi connectivity index (χ3n) is 7.59. The molecule has 2 saturated heterocycles. The zero-order chi connectivity index (χ0) is 28.9. The van der Waals surface area contributed by atoms with Gasteiger partial charge in [0, 0.05) is 29.4 Å². The third-order valence-corrected chi connectivity index (χ3v) is 9.99. The molecule has 41 heavy (non-hydrogen) atoms. The predicted molar refractivity (Wildman–Crippen MR) is 146 cm³/mol. The first-order valence-electron chi connectivity index (χ1n) is 13.1. The molecular weight excluding hydrogens is 579 g/mol. The van der Waals surface area contributed by atoms with Crippen molar-refractivity contribution in [3.8, 4) is 5.75 Å². The average Bonchev–Trinajstić information content (AvgIpc) is 3.46. The first kappa shape index (κ1) is 27.6. The van der Waals surface area contributed by atoms with Crippen LogP contribution in [-0.4, -0.2) is 52.6 Å². The molecule has 13 heteroatoms. The lowest BCUT2D eigenvalue weighted by Crippen LogP contribution is -2.38. The van der Waals surface area contributed by atoms with Crippen LogP contribution in [-0.2, 0) is 20.6 Å². The number of rotatable bonds is 5. The number of thioether (sulfide) groups is 1. The van der Waals surface area contributed by atoms with E-state index in [1.165, 1.54) is 12.1 Å². The highest BCUT2D eigenvalue weighted by atomic mass is 32.2. The number of para-hydroxylation sites is 2. The second-order valence-corrected chi connectivity index (χ2v) is 12.2. The normalized spacial score (nSPS) is 22.5. The maximum Gasteiger partial charge on any atom is 0.418 e. The Morgan fingerprint density at radius 2 is 1.68 bits per heavy atom. The Labute approximate surface area is 240 Å². The van der Waals surface area contributed by atoms with E-state index in [4.69, 9.17) is 4.74 Å². The number of hydrogen-bond donors (Lipinski definition) is 1. The molecule has 3 atom stereocenters. The van der Waals surface area contributed by atoms with Crippen molar-refractivity contribution in [2.45, 2.75) is 41.6 Å². The van der Waals surface area contributed by atoms with Crippen molar-refractivity contribution in [3.05, 3.63) is 74.2 Å². The van der Waals surface area contributed by atoms with Crippen molar-refractivity contribution in [3.63, 3.8) is 0 Å². The molecule has 4 heterocycles. The van der Waals surface area contributed by atoms with Gasteiger partial charge in [0.05, 0.1) is 22.2 Å². The fraction of sp³-hybridized carbons (Fsp3) is 0.357. The SMILES string of the molecule is O=C(COc1ccccc1[C@H]1c2sc(=O)[nH]c2SC2C(=O)N(c3ccccc3C(F)(F)F)C(=O)C21)N1CCCCC1. The van der Waals surface area contributed by atoms with Crippen LogP contribution in [0.5, 0.6) is 5.75 Å². The Bertz CT molecular complexity index is 1580. The summed E-state index contributed by atoms with van der Waals surface area (Å²) in [4.78, 5) is 58.0. The summed E-state index contributed by atoms with van der Waals surface area (Å²) in [6.45, 7) is 1.07. The fourth-order valence-electron chi connectivity index (χ4n) is 5.74.